The first-order valence-corrected chi connectivity index (χ1v) is 6.81. The maximum absolute atomic E-state index is 4.40. The first-order chi connectivity index (χ1) is 9.36. The van der Waals surface area contributed by atoms with E-state index in [9.17, 15) is 0 Å². The molecule has 7 nitrogen and oxygen atoms in total. The standard InChI is InChI=1S/C11H13N7S/c1-12-11-16-9(8-4-15-18-10(8)17-11)13-3-2-7-5-19-6-14-7/h4-6H,2-3H2,1H3,(H3,12,13,15,16,17,18). The molecule has 3 N–H and O–H groups in total. The molecule has 0 saturated carbocycles. The lowest BCUT2D eigenvalue weighted by molar-refractivity contribution is 0.969. The summed E-state index contributed by atoms with van der Waals surface area (Å²) in [6, 6.07) is 0. The maximum Gasteiger partial charge on any atom is 0.226 e. The van der Waals surface area contributed by atoms with Crippen molar-refractivity contribution < 1.29 is 0 Å². The molecule has 98 valence electrons. The van der Waals surface area contributed by atoms with Gasteiger partial charge in [-0.1, -0.05) is 0 Å². The van der Waals surface area contributed by atoms with Crippen molar-refractivity contribution in [1.82, 2.24) is 25.1 Å². The number of H-pyrrole nitrogens is 1. The van der Waals surface area contributed by atoms with Gasteiger partial charge in [-0.15, -0.1) is 11.3 Å². The molecule has 0 fully saturated rings. The first kappa shape index (κ1) is 11.8. The van der Waals surface area contributed by atoms with Gasteiger partial charge in [0.1, 0.15) is 5.82 Å². The number of hydrogen-bond donors (Lipinski definition) is 3. The van der Waals surface area contributed by atoms with Gasteiger partial charge in [-0.2, -0.15) is 15.1 Å². The number of hydrogen-bond acceptors (Lipinski definition) is 7. The van der Waals surface area contributed by atoms with Crippen LogP contribution >= 0.6 is 11.3 Å². The van der Waals surface area contributed by atoms with Crippen LogP contribution in [0.5, 0.6) is 0 Å². The Morgan fingerprint density at radius 1 is 1.37 bits per heavy atom. The van der Waals surface area contributed by atoms with Crippen LogP contribution < -0.4 is 10.6 Å². The average Bonchev–Trinajstić information content (AvgIpc) is 3.08. The molecule has 3 rings (SSSR count). The highest BCUT2D eigenvalue weighted by atomic mass is 32.1. The fraction of sp³-hybridized carbons (Fsp3) is 0.273. The van der Waals surface area contributed by atoms with Crippen molar-refractivity contribution in [3.8, 4) is 0 Å². The van der Waals surface area contributed by atoms with E-state index in [4.69, 9.17) is 0 Å². The molecule has 3 heterocycles. The molecule has 0 amide bonds. The van der Waals surface area contributed by atoms with Gasteiger partial charge in [-0.3, -0.25) is 5.10 Å². The van der Waals surface area contributed by atoms with E-state index >= 15 is 0 Å². The molecule has 0 unspecified atom stereocenters. The third-order valence-corrected chi connectivity index (χ3v) is 3.33. The molecule has 0 atom stereocenters. The first-order valence-electron chi connectivity index (χ1n) is 5.86. The summed E-state index contributed by atoms with van der Waals surface area (Å²) in [4.78, 5) is 12.9. The van der Waals surface area contributed by atoms with E-state index in [1.807, 2.05) is 10.9 Å². The Hall–Kier alpha value is -2.22. The average molecular weight is 275 g/mol. The molecule has 0 spiro atoms. The van der Waals surface area contributed by atoms with Gasteiger partial charge in [-0.05, 0) is 0 Å². The van der Waals surface area contributed by atoms with Crippen LogP contribution in [0.15, 0.2) is 17.1 Å². The van der Waals surface area contributed by atoms with Gasteiger partial charge in [0, 0.05) is 25.4 Å². The zero-order chi connectivity index (χ0) is 13.1. The fourth-order valence-electron chi connectivity index (χ4n) is 1.75. The third kappa shape index (κ3) is 2.48. The second kappa shape index (κ2) is 5.19. The van der Waals surface area contributed by atoms with Crippen molar-refractivity contribution in [2.24, 2.45) is 0 Å². The number of thiazole rings is 1. The number of fused-ring (bicyclic) bond motifs is 1. The molecule has 0 radical (unpaired) electrons. The summed E-state index contributed by atoms with van der Waals surface area (Å²) >= 11 is 1.61. The summed E-state index contributed by atoms with van der Waals surface area (Å²) in [6.45, 7) is 0.768. The van der Waals surface area contributed by atoms with Crippen LogP contribution in [0.2, 0.25) is 0 Å². The second-order valence-electron chi connectivity index (χ2n) is 3.93. The van der Waals surface area contributed by atoms with Crippen LogP contribution in [-0.2, 0) is 6.42 Å². The number of nitrogens with one attached hydrogen (secondary N) is 3. The van der Waals surface area contributed by atoms with Crippen LogP contribution in [0.25, 0.3) is 11.0 Å². The highest BCUT2D eigenvalue weighted by molar-refractivity contribution is 7.07. The van der Waals surface area contributed by atoms with E-state index < -0.39 is 0 Å². The second-order valence-corrected chi connectivity index (χ2v) is 4.65. The van der Waals surface area contributed by atoms with Gasteiger partial charge in [0.25, 0.3) is 0 Å². The minimum absolute atomic E-state index is 0.563. The summed E-state index contributed by atoms with van der Waals surface area (Å²) in [5, 5.41) is 16.0. The molecule has 19 heavy (non-hydrogen) atoms. The van der Waals surface area contributed by atoms with Crippen LogP contribution in [-0.4, -0.2) is 38.7 Å². The normalized spacial score (nSPS) is 10.8. The van der Waals surface area contributed by atoms with Crippen LogP contribution in [0.4, 0.5) is 11.8 Å². The Bertz CT molecular complexity index is 661. The molecule has 0 aliphatic rings. The largest absolute Gasteiger partial charge is 0.369 e. The van der Waals surface area contributed by atoms with Crippen molar-refractivity contribution in [2.45, 2.75) is 6.42 Å². The van der Waals surface area contributed by atoms with Crippen LogP contribution in [0, 0.1) is 0 Å². The lowest BCUT2D eigenvalue weighted by Crippen LogP contribution is -2.08. The number of rotatable bonds is 5. The Kier molecular flexibility index (Phi) is 3.23. The molecule has 0 aliphatic carbocycles. The molecule has 0 aromatic carbocycles. The number of aromatic amines is 1. The molecule has 3 aromatic heterocycles. The lowest BCUT2D eigenvalue weighted by atomic mass is 10.3. The highest BCUT2D eigenvalue weighted by Crippen LogP contribution is 2.19. The van der Waals surface area contributed by atoms with Gasteiger partial charge in [-0.25, -0.2) is 4.98 Å². The number of anilines is 2. The van der Waals surface area contributed by atoms with E-state index in [0.717, 1.165) is 35.5 Å². The Balaban J connectivity index is 1.77. The van der Waals surface area contributed by atoms with Gasteiger partial charge in [0.2, 0.25) is 5.95 Å². The molecule has 3 aromatic rings. The van der Waals surface area contributed by atoms with Gasteiger partial charge < -0.3 is 10.6 Å². The molecule has 0 saturated heterocycles. The van der Waals surface area contributed by atoms with E-state index in [1.165, 1.54) is 0 Å². The minimum atomic E-state index is 0.563. The summed E-state index contributed by atoms with van der Waals surface area (Å²) < 4.78 is 0. The van der Waals surface area contributed by atoms with Gasteiger partial charge >= 0.3 is 0 Å². The fourth-order valence-corrected chi connectivity index (χ4v) is 2.34. The highest BCUT2D eigenvalue weighted by Gasteiger charge is 2.08. The monoisotopic (exact) mass is 275 g/mol. The smallest absolute Gasteiger partial charge is 0.226 e. The Labute approximate surface area is 113 Å². The SMILES string of the molecule is CNc1nc(NCCc2cscn2)c2cn[nH]c2n1. The van der Waals surface area contributed by atoms with Crippen LogP contribution in [0.1, 0.15) is 5.69 Å². The van der Waals surface area contributed by atoms with Crippen molar-refractivity contribution >= 4 is 34.1 Å². The summed E-state index contributed by atoms with van der Waals surface area (Å²) in [6.07, 6.45) is 2.59. The van der Waals surface area contributed by atoms with Crippen LogP contribution in [0.3, 0.4) is 0 Å². The van der Waals surface area contributed by atoms with Gasteiger partial charge in [0.05, 0.1) is 22.8 Å². The predicted molar refractivity (Wildman–Crippen MR) is 75.5 cm³/mol. The summed E-state index contributed by atoms with van der Waals surface area (Å²) in [5.41, 5.74) is 3.65. The van der Waals surface area contributed by atoms with Crippen molar-refractivity contribution in [3.63, 3.8) is 0 Å². The quantitative estimate of drug-likeness (QED) is 0.653. The van der Waals surface area contributed by atoms with E-state index in [-0.39, 0.29) is 0 Å². The predicted octanol–water partition coefficient (Wildman–Crippen LogP) is 1.51. The summed E-state index contributed by atoms with van der Waals surface area (Å²) in [7, 11) is 1.79. The zero-order valence-corrected chi connectivity index (χ0v) is 11.2. The van der Waals surface area contributed by atoms with Gasteiger partial charge in [0.15, 0.2) is 5.65 Å². The zero-order valence-electron chi connectivity index (χ0n) is 10.3. The Morgan fingerprint density at radius 3 is 3.11 bits per heavy atom. The molecule has 8 heteroatoms. The van der Waals surface area contributed by atoms with Crippen molar-refractivity contribution in [2.75, 3.05) is 24.2 Å². The molecule has 0 aliphatic heterocycles. The minimum Gasteiger partial charge on any atom is -0.369 e. The van der Waals surface area contributed by atoms with E-state index in [2.05, 4.69) is 35.8 Å². The number of aromatic nitrogens is 5. The molecule has 0 bridgehead atoms. The van der Waals surface area contributed by atoms with Crippen molar-refractivity contribution in [1.29, 1.82) is 0 Å². The lowest BCUT2D eigenvalue weighted by Gasteiger charge is -2.07. The topological polar surface area (TPSA) is 91.4 Å². The maximum atomic E-state index is 4.40. The molecular weight excluding hydrogens is 262 g/mol. The Morgan fingerprint density at radius 2 is 2.32 bits per heavy atom. The summed E-state index contributed by atoms with van der Waals surface area (Å²) in [5.74, 6) is 1.34. The number of nitrogens with zero attached hydrogens (tertiary/aromatic N) is 4. The third-order valence-electron chi connectivity index (χ3n) is 2.69. The van der Waals surface area contributed by atoms with Crippen molar-refractivity contribution in [3.05, 3.63) is 22.8 Å². The van der Waals surface area contributed by atoms with E-state index in [0.29, 0.717) is 5.95 Å². The molecular formula is C11H13N7S. The van der Waals surface area contributed by atoms with E-state index in [1.54, 1.807) is 24.6 Å².